The van der Waals surface area contributed by atoms with Crippen molar-refractivity contribution in [3.05, 3.63) is 29.3 Å². The Morgan fingerprint density at radius 2 is 2.15 bits per heavy atom. The first-order valence-corrected chi connectivity index (χ1v) is 12.5. The molecule has 3 aromatic rings. The van der Waals surface area contributed by atoms with Crippen LogP contribution in [-0.4, -0.2) is 46.5 Å². The Bertz CT molecular complexity index is 1140. The van der Waals surface area contributed by atoms with E-state index < -0.39 is 5.97 Å². The summed E-state index contributed by atoms with van der Waals surface area (Å²) in [5.41, 5.74) is 3.14. The van der Waals surface area contributed by atoms with Gasteiger partial charge in [-0.1, -0.05) is 26.0 Å². The summed E-state index contributed by atoms with van der Waals surface area (Å²) >= 11 is 1.34. The summed E-state index contributed by atoms with van der Waals surface area (Å²) in [5, 5.41) is 22.0. The lowest BCUT2D eigenvalue weighted by Crippen LogP contribution is -2.29. The molecule has 10 nitrogen and oxygen atoms in total. The first-order chi connectivity index (χ1) is 16.4. The van der Waals surface area contributed by atoms with Crippen LogP contribution in [0.25, 0.3) is 11.4 Å². The fourth-order valence-electron chi connectivity index (χ4n) is 4.11. The number of hydrogen-bond acceptors (Lipinski definition) is 9. The number of hydrogen-bond donors (Lipinski definition) is 2. The monoisotopic (exact) mass is 485 g/mol. The zero-order chi connectivity index (χ0) is 24.2. The lowest BCUT2D eigenvalue weighted by molar-refractivity contribution is -0.143. The lowest BCUT2D eigenvalue weighted by Gasteiger charge is -2.28. The zero-order valence-corrected chi connectivity index (χ0v) is 20.8. The quantitative estimate of drug-likeness (QED) is 0.461. The molecule has 1 aliphatic carbocycles. The number of carboxylic acids is 1. The van der Waals surface area contributed by atoms with Gasteiger partial charge < -0.3 is 15.2 Å². The molecule has 1 saturated carbocycles. The summed E-state index contributed by atoms with van der Waals surface area (Å²) < 4.78 is 12.3. The van der Waals surface area contributed by atoms with Crippen LogP contribution in [0.15, 0.2) is 12.1 Å². The van der Waals surface area contributed by atoms with E-state index in [-0.39, 0.29) is 17.9 Å². The Balaban J connectivity index is 1.50. The van der Waals surface area contributed by atoms with Crippen LogP contribution in [0.2, 0.25) is 0 Å². The van der Waals surface area contributed by atoms with Gasteiger partial charge >= 0.3 is 5.97 Å². The van der Waals surface area contributed by atoms with Crippen LogP contribution in [-0.2, 0) is 24.8 Å². The van der Waals surface area contributed by atoms with E-state index in [1.165, 1.54) is 11.5 Å². The van der Waals surface area contributed by atoms with Crippen LogP contribution in [0.1, 0.15) is 69.6 Å². The smallest absolute Gasteiger partial charge is 0.306 e. The van der Waals surface area contributed by atoms with Crippen LogP contribution < -0.4 is 10.1 Å². The highest BCUT2D eigenvalue weighted by Crippen LogP contribution is 2.31. The lowest BCUT2D eigenvalue weighted by atomic mass is 9.87. The predicted molar refractivity (Wildman–Crippen MR) is 129 cm³/mol. The molecule has 0 aliphatic heterocycles. The fourth-order valence-corrected chi connectivity index (χ4v) is 4.81. The number of nitrogens with one attached hydrogen (secondary N) is 1. The van der Waals surface area contributed by atoms with E-state index in [0.717, 1.165) is 40.9 Å². The van der Waals surface area contributed by atoms with E-state index in [1.54, 1.807) is 4.68 Å². The van der Waals surface area contributed by atoms with Gasteiger partial charge in [-0.25, -0.2) is 14.6 Å². The second kappa shape index (κ2) is 10.5. The molecule has 2 atom stereocenters. The number of aromatic nitrogens is 6. The van der Waals surface area contributed by atoms with Crippen molar-refractivity contribution >= 4 is 22.6 Å². The van der Waals surface area contributed by atoms with E-state index in [4.69, 9.17) is 9.72 Å². The maximum absolute atomic E-state index is 11.4. The van der Waals surface area contributed by atoms with Crippen LogP contribution in [0, 0.1) is 5.92 Å². The molecule has 0 aromatic carbocycles. The van der Waals surface area contributed by atoms with Crippen molar-refractivity contribution in [1.82, 2.24) is 29.3 Å². The number of ether oxygens (including phenoxy) is 1. The topological polar surface area (TPSA) is 128 Å². The van der Waals surface area contributed by atoms with E-state index in [2.05, 4.69) is 38.8 Å². The van der Waals surface area contributed by atoms with Crippen LogP contribution >= 0.6 is 11.5 Å². The Hall–Kier alpha value is -3.08. The number of aliphatic carboxylic acids is 1. The summed E-state index contributed by atoms with van der Waals surface area (Å²) in [6.45, 7) is 6.66. The molecule has 3 heterocycles. The molecule has 0 unspecified atom stereocenters. The number of pyridine rings is 1. The highest BCUT2D eigenvalue weighted by Gasteiger charge is 2.28. The third kappa shape index (κ3) is 5.35. The Morgan fingerprint density at radius 1 is 1.32 bits per heavy atom. The highest BCUT2D eigenvalue weighted by atomic mass is 32.1. The second-order valence-electron chi connectivity index (χ2n) is 8.91. The summed E-state index contributed by atoms with van der Waals surface area (Å²) in [6, 6.07) is 3.80. The summed E-state index contributed by atoms with van der Waals surface area (Å²) in [6.07, 6.45) is 3.55. The van der Waals surface area contributed by atoms with Crippen molar-refractivity contribution in [1.29, 1.82) is 0 Å². The average molecular weight is 486 g/mol. The van der Waals surface area contributed by atoms with Gasteiger partial charge in [0.05, 0.1) is 35.6 Å². The molecule has 0 amide bonds. The van der Waals surface area contributed by atoms with Crippen molar-refractivity contribution < 1.29 is 14.6 Å². The minimum absolute atomic E-state index is 0.105. The number of carboxylic acid groups (broad SMARTS) is 1. The number of aryl methyl sites for hydroxylation is 2. The highest BCUT2D eigenvalue weighted by molar-refractivity contribution is 7.09. The minimum atomic E-state index is -0.741. The molecule has 34 heavy (non-hydrogen) atoms. The predicted octanol–water partition coefficient (Wildman–Crippen LogP) is 4.05. The average Bonchev–Trinajstić information content (AvgIpc) is 3.45. The van der Waals surface area contributed by atoms with Crippen molar-refractivity contribution in [3.8, 4) is 17.1 Å². The zero-order valence-electron chi connectivity index (χ0n) is 20.0. The number of anilines is 1. The van der Waals surface area contributed by atoms with Crippen molar-refractivity contribution in [2.24, 2.45) is 13.0 Å². The van der Waals surface area contributed by atoms with Gasteiger partial charge in [-0.3, -0.25) is 4.79 Å². The molecule has 2 N–H and O–H groups in total. The molecule has 3 aromatic heterocycles. The summed E-state index contributed by atoms with van der Waals surface area (Å²) in [4.78, 5) is 20.7. The van der Waals surface area contributed by atoms with E-state index in [0.29, 0.717) is 37.3 Å². The first kappa shape index (κ1) is 24.1. The van der Waals surface area contributed by atoms with Gasteiger partial charge in [0.15, 0.2) is 0 Å². The Morgan fingerprint density at radius 3 is 2.85 bits per heavy atom. The maximum atomic E-state index is 11.4. The van der Waals surface area contributed by atoms with Crippen molar-refractivity contribution in [3.63, 3.8) is 0 Å². The van der Waals surface area contributed by atoms with Gasteiger partial charge in [0, 0.05) is 24.5 Å². The fraction of sp³-hybridized carbons (Fsp3) is 0.565. The molecule has 1 fully saturated rings. The van der Waals surface area contributed by atoms with Gasteiger partial charge in [0.1, 0.15) is 17.3 Å². The molecule has 1 aliphatic rings. The van der Waals surface area contributed by atoms with Gasteiger partial charge in [-0.05, 0) is 44.2 Å². The van der Waals surface area contributed by atoms with E-state index >= 15 is 0 Å². The molecule has 4 rings (SSSR count). The summed E-state index contributed by atoms with van der Waals surface area (Å²) in [7, 11) is 1.85. The van der Waals surface area contributed by atoms with Gasteiger partial charge in [-0.15, -0.1) is 5.10 Å². The van der Waals surface area contributed by atoms with Gasteiger partial charge in [-0.2, -0.15) is 4.37 Å². The minimum Gasteiger partial charge on any atom is -0.488 e. The molecular weight excluding hydrogens is 454 g/mol. The third-order valence-electron chi connectivity index (χ3n) is 6.09. The van der Waals surface area contributed by atoms with Crippen molar-refractivity contribution in [2.45, 2.75) is 71.4 Å². The standard InChI is InChI=1S/C23H31N7O3S/c1-5-16-19(33-15-8-6-7-14(11-15)22(31)32)10-9-17(25-16)20-18(30(4)29-27-20)12-24-23-26-21(13(2)3)28-34-23/h9-10,13-15H,5-8,11-12H2,1-4H3,(H,31,32)(H,24,26,28)/t14-,15-/m0/s1. The third-order valence-corrected chi connectivity index (χ3v) is 6.77. The molecule has 11 heteroatoms. The molecule has 0 radical (unpaired) electrons. The molecular formula is C23H31N7O3S. The second-order valence-corrected chi connectivity index (χ2v) is 9.66. The maximum Gasteiger partial charge on any atom is 0.306 e. The summed E-state index contributed by atoms with van der Waals surface area (Å²) in [5.74, 6) is 0.738. The van der Waals surface area contributed by atoms with Gasteiger partial charge in [0.25, 0.3) is 0 Å². The molecule has 0 bridgehead atoms. The number of carbonyl (C=O) groups is 1. The Labute approximate surface area is 203 Å². The molecule has 0 spiro atoms. The largest absolute Gasteiger partial charge is 0.488 e. The van der Waals surface area contributed by atoms with Crippen LogP contribution in [0.5, 0.6) is 5.75 Å². The molecule has 182 valence electrons. The van der Waals surface area contributed by atoms with E-state index in [1.807, 2.05) is 26.1 Å². The SMILES string of the molecule is CCc1nc(-c2nnn(C)c2CNc2nc(C(C)C)ns2)ccc1O[C@H]1CCC[C@H](C(=O)O)C1. The van der Waals surface area contributed by atoms with E-state index in [9.17, 15) is 9.90 Å². The number of rotatable bonds is 9. The number of nitrogens with zero attached hydrogens (tertiary/aromatic N) is 6. The Kier molecular flexibility index (Phi) is 7.40. The van der Waals surface area contributed by atoms with Crippen molar-refractivity contribution in [2.75, 3.05) is 5.32 Å². The van der Waals surface area contributed by atoms with Crippen LogP contribution in [0.3, 0.4) is 0 Å². The first-order valence-electron chi connectivity index (χ1n) is 11.7. The molecule has 0 saturated heterocycles. The normalized spacial score (nSPS) is 18.3. The van der Waals surface area contributed by atoms with Crippen LogP contribution in [0.4, 0.5) is 5.13 Å². The van der Waals surface area contributed by atoms with Gasteiger partial charge in [0.2, 0.25) is 5.13 Å².